The van der Waals surface area contributed by atoms with Crippen molar-refractivity contribution >= 4 is 27.5 Å². The number of methoxy groups -OCH3 is 2. The molecular weight excluding hydrogens is 456 g/mol. The average Bonchev–Trinajstić information content (AvgIpc) is 2.82. The first-order valence-electron chi connectivity index (χ1n) is 10.3. The highest BCUT2D eigenvalue weighted by molar-refractivity contribution is 7.89. The smallest absolute Gasteiger partial charge is 0.243 e. The van der Waals surface area contributed by atoms with Gasteiger partial charge in [-0.15, -0.1) is 0 Å². The quantitative estimate of drug-likeness (QED) is 0.653. The molecule has 1 fully saturated rings. The highest BCUT2D eigenvalue weighted by atomic mass is 35.5. The molecule has 0 saturated carbocycles. The van der Waals surface area contributed by atoms with Crippen molar-refractivity contribution in [3.63, 3.8) is 0 Å². The maximum atomic E-state index is 13.1. The van der Waals surface area contributed by atoms with Crippen LogP contribution in [-0.4, -0.2) is 70.5 Å². The first kappa shape index (κ1) is 22.7. The van der Waals surface area contributed by atoms with Crippen LogP contribution in [0, 0.1) is 5.92 Å². The van der Waals surface area contributed by atoms with Gasteiger partial charge in [0, 0.05) is 37.3 Å². The van der Waals surface area contributed by atoms with E-state index in [2.05, 4.69) is 0 Å². The molecule has 8 nitrogen and oxygen atoms in total. The van der Waals surface area contributed by atoms with Gasteiger partial charge in [0.15, 0.2) is 11.5 Å². The summed E-state index contributed by atoms with van der Waals surface area (Å²) in [7, 11) is -0.767. The molecule has 2 heterocycles. The van der Waals surface area contributed by atoms with Crippen LogP contribution in [0.3, 0.4) is 0 Å². The molecule has 172 valence electrons. The second kappa shape index (κ2) is 9.17. The average molecular weight is 481 g/mol. The number of hydrogen-bond acceptors (Lipinski definition) is 6. The molecule has 32 heavy (non-hydrogen) atoms. The number of piperazine rings is 1. The summed E-state index contributed by atoms with van der Waals surface area (Å²) in [5, 5.41) is 0.606. The molecule has 2 aliphatic rings. The number of sulfonamides is 1. The topological polar surface area (TPSA) is 85.4 Å². The summed E-state index contributed by atoms with van der Waals surface area (Å²) in [5.74, 6) is 1.22. The second-order valence-electron chi connectivity index (χ2n) is 7.71. The van der Waals surface area contributed by atoms with Crippen molar-refractivity contribution in [2.24, 2.45) is 5.92 Å². The predicted octanol–water partition coefficient (Wildman–Crippen LogP) is 2.44. The zero-order valence-corrected chi connectivity index (χ0v) is 19.5. The minimum Gasteiger partial charge on any atom is -0.493 e. The van der Waals surface area contributed by atoms with E-state index in [4.69, 9.17) is 25.8 Å². The molecule has 0 bridgehead atoms. The van der Waals surface area contributed by atoms with E-state index >= 15 is 0 Å². The van der Waals surface area contributed by atoms with Gasteiger partial charge in [-0.25, -0.2) is 8.42 Å². The Morgan fingerprint density at radius 2 is 1.75 bits per heavy atom. The Hall–Kier alpha value is -2.49. The highest BCUT2D eigenvalue weighted by Gasteiger charge is 2.34. The molecule has 4 rings (SSSR count). The maximum absolute atomic E-state index is 13.1. The van der Waals surface area contributed by atoms with Gasteiger partial charge in [-0.05, 0) is 42.3 Å². The van der Waals surface area contributed by atoms with Crippen LogP contribution in [0.5, 0.6) is 17.2 Å². The molecule has 0 N–H and O–H groups in total. The van der Waals surface area contributed by atoms with Crippen LogP contribution >= 0.6 is 11.6 Å². The summed E-state index contributed by atoms with van der Waals surface area (Å²) in [5.41, 5.74) is 0.914. The van der Waals surface area contributed by atoms with Crippen molar-refractivity contribution in [2.45, 2.75) is 11.3 Å². The number of ether oxygens (including phenoxy) is 3. The van der Waals surface area contributed by atoms with Gasteiger partial charge in [-0.1, -0.05) is 11.6 Å². The number of amides is 1. The Labute approximate surface area is 192 Å². The monoisotopic (exact) mass is 480 g/mol. The molecule has 2 aromatic carbocycles. The molecular formula is C22H25ClN2O6S. The second-order valence-corrected chi connectivity index (χ2v) is 10.1. The van der Waals surface area contributed by atoms with E-state index in [0.29, 0.717) is 42.6 Å². The number of rotatable bonds is 5. The number of hydrogen-bond donors (Lipinski definition) is 0. The van der Waals surface area contributed by atoms with Gasteiger partial charge in [0.2, 0.25) is 15.9 Å². The molecule has 2 aliphatic heterocycles. The third-order valence-corrected chi connectivity index (χ3v) is 7.95. The Balaban J connectivity index is 1.41. The van der Waals surface area contributed by atoms with E-state index in [1.807, 2.05) is 12.1 Å². The Morgan fingerprint density at radius 1 is 1.03 bits per heavy atom. The summed E-state index contributed by atoms with van der Waals surface area (Å²) in [6.07, 6.45) is 0.554. The lowest BCUT2D eigenvalue weighted by atomic mass is 9.95. The Morgan fingerprint density at radius 3 is 2.44 bits per heavy atom. The van der Waals surface area contributed by atoms with Crippen LogP contribution < -0.4 is 14.2 Å². The zero-order valence-electron chi connectivity index (χ0n) is 17.9. The number of halogens is 1. The van der Waals surface area contributed by atoms with E-state index in [1.54, 1.807) is 17.0 Å². The Bertz CT molecular complexity index is 1120. The van der Waals surface area contributed by atoms with Crippen molar-refractivity contribution in [1.29, 1.82) is 0 Å². The molecule has 2 aromatic rings. The number of benzene rings is 2. The molecule has 0 spiro atoms. The first-order chi connectivity index (χ1) is 15.3. The van der Waals surface area contributed by atoms with Crippen LogP contribution in [0.4, 0.5) is 0 Å². The van der Waals surface area contributed by atoms with Crippen LogP contribution in [0.1, 0.15) is 5.56 Å². The molecule has 0 radical (unpaired) electrons. The summed E-state index contributed by atoms with van der Waals surface area (Å²) >= 11 is 6.07. The maximum Gasteiger partial charge on any atom is 0.243 e. The molecule has 1 saturated heterocycles. The lowest BCUT2D eigenvalue weighted by Gasteiger charge is -2.36. The lowest BCUT2D eigenvalue weighted by Crippen LogP contribution is -2.52. The van der Waals surface area contributed by atoms with Gasteiger partial charge in [-0.2, -0.15) is 4.31 Å². The van der Waals surface area contributed by atoms with Crippen LogP contribution in [0.15, 0.2) is 41.3 Å². The lowest BCUT2D eigenvalue weighted by molar-refractivity contribution is -0.138. The molecule has 0 unspecified atom stereocenters. The van der Waals surface area contributed by atoms with E-state index < -0.39 is 10.0 Å². The van der Waals surface area contributed by atoms with E-state index in [-0.39, 0.29) is 29.8 Å². The number of nitrogens with zero attached hydrogens (tertiary/aromatic N) is 2. The number of carbonyl (C=O) groups excluding carboxylic acids is 1. The van der Waals surface area contributed by atoms with Crippen molar-refractivity contribution in [3.8, 4) is 17.2 Å². The predicted molar refractivity (Wildman–Crippen MR) is 119 cm³/mol. The fraction of sp³-hybridized carbons (Fsp3) is 0.409. The number of carbonyl (C=O) groups is 1. The highest BCUT2D eigenvalue weighted by Crippen LogP contribution is 2.32. The zero-order chi connectivity index (χ0) is 22.9. The van der Waals surface area contributed by atoms with E-state index in [0.717, 1.165) is 11.3 Å². The van der Waals surface area contributed by atoms with Gasteiger partial charge in [0.25, 0.3) is 0 Å². The molecule has 1 atom stereocenters. The van der Waals surface area contributed by atoms with Crippen molar-refractivity contribution in [1.82, 2.24) is 9.21 Å². The minimum atomic E-state index is -3.72. The number of fused-ring (bicyclic) bond motifs is 1. The standard InChI is InChI=1S/C22H25ClN2O6S/c1-29-20-6-4-18(13-21(20)30-2)32(27,28)25-9-7-24(8-10-25)22(26)16-11-15-12-17(23)3-5-19(15)31-14-16/h3-6,12-13,16H,7-11,14H2,1-2H3/t16-/m0/s1. The largest absolute Gasteiger partial charge is 0.493 e. The van der Waals surface area contributed by atoms with Gasteiger partial charge in [0.1, 0.15) is 12.4 Å². The third-order valence-electron chi connectivity index (χ3n) is 5.82. The molecule has 10 heteroatoms. The van der Waals surface area contributed by atoms with Crippen LogP contribution in [0.2, 0.25) is 5.02 Å². The summed E-state index contributed by atoms with van der Waals surface area (Å²) in [6.45, 7) is 1.39. The van der Waals surface area contributed by atoms with Gasteiger partial charge in [-0.3, -0.25) is 4.79 Å². The van der Waals surface area contributed by atoms with Crippen LogP contribution in [-0.2, 0) is 21.2 Å². The van der Waals surface area contributed by atoms with Gasteiger partial charge in [0.05, 0.1) is 25.0 Å². The summed E-state index contributed by atoms with van der Waals surface area (Å²) in [6, 6.07) is 9.92. The SMILES string of the molecule is COc1ccc(S(=O)(=O)N2CCN(C(=O)[C@@H]3COc4ccc(Cl)cc4C3)CC2)cc1OC. The van der Waals surface area contributed by atoms with Crippen molar-refractivity contribution < 1.29 is 27.4 Å². The first-order valence-corrected chi connectivity index (χ1v) is 12.1. The van der Waals surface area contributed by atoms with Gasteiger partial charge < -0.3 is 19.1 Å². The van der Waals surface area contributed by atoms with E-state index in [9.17, 15) is 13.2 Å². The normalized spacial score (nSPS) is 19.1. The fourth-order valence-electron chi connectivity index (χ4n) is 4.05. The van der Waals surface area contributed by atoms with Gasteiger partial charge >= 0.3 is 0 Å². The summed E-state index contributed by atoms with van der Waals surface area (Å²) < 4.78 is 43.7. The molecule has 1 amide bonds. The molecule has 0 aromatic heterocycles. The summed E-state index contributed by atoms with van der Waals surface area (Å²) in [4.78, 5) is 14.9. The van der Waals surface area contributed by atoms with Crippen LogP contribution in [0.25, 0.3) is 0 Å². The third kappa shape index (κ3) is 4.37. The van der Waals surface area contributed by atoms with Crippen molar-refractivity contribution in [2.75, 3.05) is 47.0 Å². The van der Waals surface area contributed by atoms with E-state index in [1.165, 1.54) is 30.7 Å². The van der Waals surface area contributed by atoms with Crippen molar-refractivity contribution in [3.05, 3.63) is 47.0 Å². The molecule has 0 aliphatic carbocycles. The minimum absolute atomic E-state index is 0.0289. The Kier molecular flexibility index (Phi) is 6.50. The fourth-order valence-corrected chi connectivity index (χ4v) is 5.69.